The molecular weight excluding hydrogens is 254 g/mol. The van der Waals surface area contributed by atoms with Gasteiger partial charge in [-0.1, -0.05) is 18.2 Å². The number of benzene rings is 1. The molecule has 0 aliphatic carbocycles. The number of para-hydroxylation sites is 1. The minimum absolute atomic E-state index is 0.352. The van der Waals surface area contributed by atoms with Crippen molar-refractivity contribution in [3.63, 3.8) is 0 Å². The summed E-state index contributed by atoms with van der Waals surface area (Å²) in [4.78, 5) is 0. The van der Waals surface area contributed by atoms with E-state index in [0.717, 1.165) is 17.7 Å². The fourth-order valence-corrected chi connectivity index (χ4v) is 2.74. The third-order valence-corrected chi connectivity index (χ3v) is 3.71. The number of fused-ring (bicyclic) bond motifs is 1. The monoisotopic (exact) mass is 273 g/mol. The van der Waals surface area contributed by atoms with Gasteiger partial charge in [-0.25, -0.2) is 0 Å². The van der Waals surface area contributed by atoms with Crippen molar-refractivity contribution in [2.45, 2.75) is 26.0 Å². The Bertz CT molecular complexity index is 644. The van der Waals surface area contributed by atoms with Crippen molar-refractivity contribution in [2.24, 2.45) is 0 Å². The second-order valence-corrected chi connectivity index (χ2v) is 4.77. The molecule has 2 atom stereocenters. The topological polar surface area (TPSA) is 32.6 Å². The van der Waals surface area contributed by atoms with Gasteiger partial charge in [-0.3, -0.25) is 0 Å². The summed E-state index contributed by atoms with van der Waals surface area (Å²) in [5, 5.41) is 1.22. The lowest BCUT2D eigenvalue weighted by molar-refractivity contribution is -0.170. The van der Waals surface area contributed by atoms with Gasteiger partial charge >= 0.3 is 0 Å². The summed E-state index contributed by atoms with van der Waals surface area (Å²) < 4.78 is 18.6. The highest BCUT2D eigenvalue weighted by Crippen LogP contribution is 2.34. The number of ether oxygens (including phenoxy) is 3. The highest BCUT2D eigenvalue weighted by molar-refractivity contribution is 5.93. The standard InChI is InChI=1S/C16H19NO3/c1-4-17-9-8-11-6-5-7-12(15(11)17)13-10-14(18-2)20-16(13)19-3/h5-10,14,16H,4H2,1-3H3. The molecule has 4 heteroatoms. The SMILES string of the molecule is CCn1ccc2cccc(C3=CC(OC)OC3OC)c21. The first-order valence-electron chi connectivity index (χ1n) is 6.79. The molecule has 0 fully saturated rings. The van der Waals surface area contributed by atoms with E-state index in [1.165, 1.54) is 10.9 Å². The lowest BCUT2D eigenvalue weighted by atomic mass is 10.0. The lowest BCUT2D eigenvalue weighted by Crippen LogP contribution is -2.17. The third-order valence-electron chi connectivity index (χ3n) is 3.71. The highest BCUT2D eigenvalue weighted by Gasteiger charge is 2.29. The summed E-state index contributed by atoms with van der Waals surface area (Å²) in [6, 6.07) is 8.42. The molecule has 2 unspecified atom stereocenters. The van der Waals surface area contributed by atoms with E-state index in [9.17, 15) is 0 Å². The van der Waals surface area contributed by atoms with Gasteiger partial charge in [0.25, 0.3) is 0 Å². The average Bonchev–Trinajstić information content (AvgIpc) is 3.10. The molecule has 0 radical (unpaired) electrons. The van der Waals surface area contributed by atoms with E-state index in [-0.39, 0.29) is 12.6 Å². The number of hydrogen-bond acceptors (Lipinski definition) is 3. The Kier molecular flexibility index (Phi) is 3.61. The summed E-state index contributed by atoms with van der Waals surface area (Å²) in [5.41, 5.74) is 3.38. The van der Waals surface area contributed by atoms with Crippen LogP contribution in [0.1, 0.15) is 12.5 Å². The smallest absolute Gasteiger partial charge is 0.187 e. The van der Waals surface area contributed by atoms with Gasteiger partial charge in [0, 0.05) is 43.5 Å². The van der Waals surface area contributed by atoms with Crippen molar-refractivity contribution >= 4 is 16.5 Å². The first-order chi connectivity index (χ1) is 9.78. The maximum Gasteiger partial charge on any atom is 0.187 e. The summed E-state index contributed by atoms with van der Waals surface area (Å²) in [6.07, 6.45) is 3.36. The molecular formula is C16H19NO3. The van der Waals surface area contributed by atoms with Gasteiger partial charge in [-0.05, 0) is 19.1 Å². The Morgan fingerprint density at radius 2 is 2.05 bits per heavy atom. The van der Waals surface area contributed by atoms with Crippen LogP contribution in [0.5, 0.6) is 0 Å². The maximum absolute atomic E-state index is 5.68. The summed E-state index contributed by atoms with van der Waals surface area (Å²) in [5.74, 6) is 0. The van der Waals surface area contributed by atoms with Gasteiger partial charge < -0.3 is 18.8 Å². The predicted molar refractivity (Wildman–Crippen MR) is 78.3 cm³/mol. The van der Waals surface area contributed by atoms with E-state index in [4.69, 9.17) is 14.2 Å². The normalized spacial score (nSPS) is 22.4. The molecule has 3 rings (SSSR count). The van der Waals surface area contributed by atoms with Crippen molar-refractivity contribution in [3.05, 3.63) is 42.1 Å². The molecule has 1 aromatic heterocycles. The molecule has 0 N–H and O–H groups in total. The Hall–Kier alpha value is -1.62. The largest absolute Gasteiger partial charge is 0.352 e. The van der Waals surface area contributed by atoms with E-state index < -0.39 is 0 Å². The molecule has 1 aliphatic rings. The molecule has 1 aromatic carbocycles. The second-order valence-electron chi connectivity index (χ2n) is 4.77. The molecule has 0 bridgehead atoms. The van der Waals surface area contributed by atoms with Crippen molar-refractivity contribution in [1.29, 1.82) is 0 Å². The van der Waals surface area contributed by atoms with Crippen LogP contribution in [0, 0.1) is 0 Å². The predicted octanol–water partition coefficient (Wildman–Crippen LogP) is 3.02. The molecule has 0 amide bonds. The van der Waals surface area contributed by atoms with Crippen LogP contribution in [0.15, 0.2) is 36.5 Å². The summed E-state index contributed by atoms with van der Waals surface area (Å²) in [6.45, 7) is 3.07. The Morgan fingerprint density at radius 3 is 2.75 bits per heavy atom. The van der Waals surface area contributed by atoms with Crippen molar-refractivity contribution < 1.29 is 14.2 Å². The van der Waals surface area contributed by atoms with E-state index in [1.807, 2.05) is 6.08 Å². The first kappa shape index (κ1) is 13.4. The summed E-state index contributed by atoms with van der Waals surface area (Å²) >= 11 is 0. The van der Waals surface area contributed by atoms with Crippen LogP contribution in [0.4, 0.5) is 0 Å². The Labute approximate surface area is 118 Å². The minimum Gasteiger partial charge on any atom is -0.352 e. The lowest BCUT2D eigenvalue weighted by Gasteiger charge is -2.16. The number of hydrogen-bond donors (Lipinski definition) is 0. The van der Waals surface area contributed by atoms with E-state index >= 15 is 0 Å². The molecule has 106 valence electrons. The minimum atomic E-state index is -0.384. The molecule has 1 aliphatic heterocycles. The number of nitrogens with zero attached hydrogens (tertiary/aromatic N) is 1. The molecule has 20 heavy (non-hydrogen) atoms. The first-order valence-corrected chi connectivity index (χ1v) is 6.79. The van der Waals surface area contributed by atoms with Crippen LogP contribution in [0.2, 0.25) is 0 Å². The zero-order chi connectivity index (χ0) is 14.1. The van der Waals surface area contributed by atoms with Gasteiger partial charge in [-0.15, -0.1) is 0 Å². The quantitative estimate of drug-likeness (QED) is 0.858. The second kappa shape index (κ2) is 5.40. The molecule has 2 heterocycles. The van der Waals surface area contributed by atoms with Crippen LogP contribution < -0.4 is 0 Å². The van der Waals surface area contributed by atoms with Gasteiger partial charge in [0.1, 0.15) is 0 Å². The van der Waals surface area contributed by atoms with Crippen LogP contribution >= 0.6 is 0 Å². The molecule has 2 aromatic rings. The zero-order valence-corrected chi connectivity index (χ0v) is 12.0. The number of aryl methyl sites for hydroxylation is 1. The fourth-order valence-electron chi connectivity index (χ4n) is 2.74. The van der Waals surface area contributed by atoms with Gasteiger partial charge in [-0.2, -0.15) is 0 Å². The fraction of sp³-hybridized carbons (Fsp3) is 0.375. The van der Waals surface area contributed by atoms with Crippen LogP contribution in [0.25, 0.3) is 16.5 Å². The average molecular weight is 273 g/mol. The van der Waals surface area contributed by atoms with Crippen molar-refractivity contribution in [3.8, 4) is 0 Å². The Morgan fingerprint density at radius 1 is 1.20 bits per heavy atom. The van der Waals surface area contributed by atoms with Gasteiger partial charge in [0.15, 0.2) is 12.6 Å². The molecule has 0 saturated heterocycles. The third kappa shape index (κ3) is 2.06. The summed E-state index contributed by atoms with van der Waals surface area (Å²) in [7, 11) is 3.28. The number of methoxy groups -OCH3 is 2. The zero-order valence-electron chi connectivity index (χ0n) is 12.0. The van der Waals surface area contributed by atoms with Crippen LogP contribution in [0.3, 0.4) is 0 Å². The van der Waals surface area contributed by atoms with Crippen LogP contribution in [-0.4, -0.2) is 31.4 Å². The molecule has 4 nitrogen and oxygen atoms in total. The van der Waals surface area contributed by atoms with E-state index in [0.29, 0.717) is 0 Å². The highest BCUT2D eigenvalue weighted by atomic mass is 16.8. The van der Waals surface area contributed by atoms with Gasteiger partial charge in [0.05, 0.1) is 5.52 Å². The van der Waals surface area contributed by atoms with E-state index in [2.05, 4.69) is 42.0 Å². The maximum atomic E-state index is 5.68. The van der Waals surface area contributed by atoms with Crippen molar-refractivity contribution in [1.82, 2.24) is 4.57 Å². The molecule has 0 spiro atoms. The van der Waals surface area contributed by atoms with Crippen molar-refractivity contribution in [2.75, 3.05) is 14.2 Å². The van der Waals surface area contributed by atoms with Gasteiger partial charge in [0.2, 0.25) is 0 Å². The Balaban J connectivity index is 2.16. The number of aromatic nitrogens is 1. The number of rotatable bonds is 4. The van der Waals surface area contributed by atoms with Crippen LogP contribution in [-0.2, 0) is 20.8 Å². The molecule has 0 saturated carbocycles. The van der Waals surface area contributed by atoms with E-state index in [1.54, 1.807) is 14.2 Å².